The van der Waals surface area contributed by atoms with E-state index in [-0.39, 0.29) is 0 Å². The van der Waals surface area contributed by atoms with Crippen LogP contribution in [0.15, 0.2) is 0 Å². The van der Waals surface area contributed by atoms with Gasteiger partial charge in [0, 0.05) is 0 Å². The van der Waals surface area contributed by atoms with Gasteiger partial charge in [-0.25, -0.2) is 0 Å². The van der Waals surface area contributed by atoms with Gasteiger partial charge in [-0.3, -0.25) is 0 Å². The molecular formula is C15H33N. The molecule has 0 heterocycles. The van der Waals surface area contributed by atoms with Gasteiger partial charge in [0.2, 0.25) is 0 Å². The predicted octanol–water partition coefficient (Wildman–Crippen LogP) is 4.76. The van der Waals surface area contributed by atoms with Crippen LogP contribution in [0.25, 0.3) is 0 Å². The summed E-state index contributed by atoms with van der Waals surface area (Å²) < 4.78 is 0. The van der Waals surface area contributed by atoms with E-state index in [2.05, 4.69) is 26.1 Å². The average Bonchev–Trinajstić information content (AvgIpc) is 2.31. The van der Waals surface area contributed by atoms with E-state index >= 15 is 0 Å². The molecule has 0 unspecified atom stereocenters. The molecule has 0 aliphatic carbocycles. The van der Waals surface area contributed by atoms with Crippen LogP contribution in [0.2, 0.25) is 0 Å². The van der Waals surface area contributed by atoms with Gasteiger partial charge in [-0.05, 0) is 31.8 Å². The first kappa shape index (κ1) is 16.0. The number of unbranched alkanes of at least 4 members (excludes halogenated alkanes) is 5. The molecule has 0 spiro atoms. The highest BCUT2D eigenvalue weighted by atomic mass is 14.8. The number of hydrogen-bond donors (Lipinski definition) is 1. The molecule has 1 heteroatoms. The van der Waals surface area contributed by atoms with E-state index in [0.29, 0.717) is 0 Å². The second kappa shape index (κ2) is 13.0. The van der Waals surface area contributed by atoms with Crippen LogP contribution in [-0.2, 0) is 0 Å². The summed E-state index contributed by atoms with van der Waals surface area (Å²) in [5.41, 5.74) is 0. The lowest BCUT2D eigenvalue weighted by molar-refractivity contribution is 0.411. The zero-order valence-corrected chi connectivity index (χ0v) is 11.9. The van der Waals surface area contributed by atoms with Gasteiger partial charge in [0.25, 0.3) is 0 Å². The Morgan fingerprint density at radius 1 is 0.812 bits per heavy atom. The largest absolute Gasteiger partial charge is 0.316 e. The SMILES string of the molecule is CCCCCCCC[C@H](CC)CNCCC. The zero-order valence-electron chi connectivity index (χ0n) is 11.9. The van der Waals surface area contributed by atoms with Crippen molar-refractivity contribution in [3.8, 4) is 0 Å². The smallest absolute Gasteiger partial charge is 0.00206 e. The van der Waals surface area contributed by atoms with Crippen molar-refractivity contribution in [3.63, 3.8) is 0 Å². The average molecular weight is 227 g/mol. The fraction of sp³-hybridized carbons (Fsp3) is 1.00. The Bertz CT molecular complexity index is 123. The molecule has 0 amide bonds. The van der Waals surface area contributed by atoms with E-state index in [4.69, 9.17) is 0 Å². The summed E-state index contributed by atoms with van der Waals surface area (Å²) in [7, 11) is 0. The Morgan fingerprint density at radius 2 is 1.50 bits per heavy atom. The van der Waals surface area contributed by atoms with Gasteiger partial charge in [0.05, 0.1) is 0 Å². The molecule has 0 saturated carbocycles. The molecule has 16 heavy (non-hydrogen) atoms. The summed E-state index contributed by atoms with van der Waals surface area (Å²) in [6.45, 7) is 9.27. The number of nitrogens with one attached hydrogen (secondary N) is 1. The Hall–Kier alpha value is -0.0400. The van der Waals surface area contributed by atoms with E-state index in [1.165, 1.54) is 70.9 Å². The summed E-state index contributed by atoms with van der Waals surface area (Å²) in [6, 6.07) is 0. The standard InChI is InChI=1S/C15H33N/c1-4-7-8-9-10-11-12-15(6-3)14-16-13-5-2/h15-16H,4-14H2,1-3H3/t15-/m0/s1. The van der Waals surface area contributed by atoms with Crippen molar-refractivity contribution in [1.82, 2.24) is 5.32 Å². The van der Waals surface area contributed by atoms with Crippen LogP contribution in [0.3, 0.4) is 0 Å². The van der Waals surface area contributed by atoms with E-state index in [1.807, 2.05) is 0 Å². The molecule has 0 saturated heterocycles. The Morgan fingerprint density at radius 3 is 2.12 bits per heavy atom. The third kappa shape index (κ3) is 10.5. The Kier molecular flexibility index (Phi) is 13.0. The molecule has 0 fully saturated rings. The Labute approximate surface area is 103 Å². The monoisotopic (exact) mass is 227 g/mol. The minimum absolute atomic E-state index is 0.915. The maximum Gasteiger partial charge on any atom is -0.00206 e. The van der Waals surface area contributed by atoms with E-state index < -0.39 is 0 Å². The third-order valence-corrected chi connectivity index (χ3v) is 3.40. The molecule has 1 atom stereocenters. The van der Waals surface area contributed by atoms with Crippen molar-refractivity contribution >= 4 is 0 Å². The van der Waals surface area contributed by atoms with Crippen LogP contribution in [-0.4, -0.2) is 13.1 Å². The van der Waals surface area contributed by atoms with Crippen molar-refractivity contribution in [2.45, 2.75) is 78.6 Å². The van der Waals surface area contributed by atoms with E-state index in [9.17, 15) is 0 Å². The van der Waals surface area contributed by atoms with Gasteiger partial charge in [-0.1, -0.05) is 65.7 Å². The van der Waals surface area contributed by atoms with Gasteiger partial charge in [0.1, 0.15) is 0 Å². The van der Waals surface area contributed by atoms with Crippen molar-refractivity contribution in [3.05, 3.63) is 0 Å². The molecule has 0 aliphatic rings. The number of rotatable bonds is 12. The van der Waals surface area contributed by atoms with Crippen molar-refractivity contribution in [1.29, 1.82) is 0 Å². The lowest BCUT2D eigenvalue weighted by atomic mass is 9.98. The molecule has 0 aromatic carbocycles. The first-order chi connectivity index (χ1) is 7.85. The summed E-state index contributed by atoms with van der Waals surface area (Å²) in [5.74, 6) is 0.915. The molecule has 98 valence electrons. The van der Waals surface area contributed by atoms with Crippen molar-refractivity contribution in [2.75, 3.05) is 13.1 Å². The van der Waals surface area contributed by atoms with E-state index in [0.717, 1.165) is 5.92 Å². The first-order valence-electron chi connectivity index (χ1n) is 7.55. The Balaban J connectivity index is 3.26. The fourth-order valence-electron chi connectivity index (χ4n) is 2.15. The summed E-state index contributed by atoms with van der Waals surface area (Å²) in [5, 5.41) is 3.55. The van der Waals surface area contributed by atoms with Crippen molar-refractivity contribution < 1.29 is 0 Å². The van der Waals surface area contributed by atoms with Crippen LogP contribution >= 0.6 is 0 Å². The van der Waals surface area contributed by atoms with Crippen LogP contribution in [0.1, 0.15) is 78.6 Å². The van der Waals surface area contributed by atoms with Gasteiger partial charge < -0.3 is 5.32 Å². The highest BCUT2D eigenvalue weighted by molar-refractivity contribution is 4.61. The molecule has 0 rings (SSSR count). The quantitative estimate of drug-likeness (QED) is 0.474. The maximum atomic E-state index is 3.55. The summed E-state index contributed by atoms with van der Waals surface area (Å²) >= 11 is 0. The fourth-order valence-corrected chi connectivity index (χ4v) is 2.15. The molecule has 0 aromatic rings. The molecule has 0 radical (unpaired) electrons. The molecule has 0 aromatic heterocycles. The minimum Gasteiger partial charge on any atom is -0.316 e. The van der Waals surface area contributed by atoms with Gasteiger partial charge in [0.15, 0.2) is 0 Å². The van der Waals surface area contributed by atoms with Crippen LogP contribution < -0.4 is 5.32 Å². The minimum atomic E-state index is 0.915. The van der Waals surface area contributed by atoms with Gasteiger partial charge in [-0.2, -0.15) is 0 Å². The highest BCUT2D eigenvalue weighted by Gasteiger charge is 2.04. The van der Waals surface area contributed by atoms with Crippen molar-refractivity contribution in [2.24, 2.45) is 5.92 Å². The van der Waals surface area contributed by atoms with Gasteiger partial charge in [-0.15, -0.1) is 0 Å². The van der Waals surface area contributed by atoms with Gasteiger partial charge >= 0.3 is 0 Å². The number of hydrogen-bond acceptors (Lipinski definition) is 1. The predicted molar refractivity (Wildman–Crippen MR) is 74.9 cm³/mol. The second-order valence-corrected chi connectivity index (χ2v) is 5.03. The van der Waals surface area contributed by atoms with Crippen LogP contribution in [0, 0.1) is 5.92 Å². The maximum absolute atomic E-state index is 3.55. The molecule has 0 aliphatic heterocycles. The third-order valence-electron chi connectivity index (χ3n) is 3.40. The molecule has 1 nitrogen and oxygen atoms in total. The first-order valence-corrected chi connectivity index (χ1v) is 7.55. The van der Waals surface area contributed by atoms with Crippen LogP contribution in [0.5, 0.6) is 0 Å². The summed E-state index contributed by atoms with van der Waals surface area (Å²) in [6.07, 6.45) is 12.6. The van der Waals surface area contributed by atoms with E-state index in [1.54, 1.807) is 0 Å². The lowest BCUT2D eigenvalue weighted by Gasteiger charge is -2.15. The topological polar surface area (TPSA) is 12.0 Å². The molecule has 1 N–H and O–H groups in total. The highest BCUT2D eigenvalue weighted by Crippen LogP contribution is 2.14. The second-order valence-electron chi connectivity index (χ2n) is 5.03. The normalized spacial score (nSPS) is 12.9. The summed E-state index contributed by atoms with van der Waals surface area (Å²) in [4.78, 5) is 0. The molecule has 0 bridgehead atoms. The lowest BCUT2D eigenvalue weighted by Crippen LogP contribution is -2.23. The van der Waals surface area contributed by atoms with Crippen LogP contribution in [0.4, 0.5) is 0 Å². The zero-order chi connectivity index (χ0) is 12.1. The molecular weight excluding hydrogens is 194 g/mol.